The third kappa shape index (κ3) is 2.09. The van der Waals surface area contributed by atoms with Crippen LogP contribution in [0.15, 0.2) is 12.1 Å². The molecule has 0 unspecified atom stereocenters. The Balaban J connectivity index is 2.28. The number of nitrogens with two attached hydrogens (primary N) is 1. The third-order valence-corrected chi connectivity index (χ3v) is 2.49. The summed E-state index contributed by atoms with van der Waals surface area (Å²) in [4.78, 5) is 0. The maximum atomic E-state index is 5.90. The van der Waals surface area contributed by atoms with E-state index in [-0.39, 0.29) is 0 Å². The van der Waals surface area contributed by atoms with Gasteiger partial charge in [0.2, 0.25) is 0 Å². The van der Waals surface area contributed by atoms with Gasteiger partial charge in [-0.25, -0.2) is 0 Å². The third-order valence-electron chi connectivity index (χ3n) is 2.49. The number of hydrogen-bond acceptors (Lipinski definition) is 4. The van der Waals surface area contributed by atoms with Gasteiger partial charge in [-0.3, -0.25) is 0 Å². The number of benzene rings is 1. The molecule has 15 heavy (non-hydrogen) atoms. The SMILES string of the molecule is COc1cc(N)c(NC2CC2)cc1OC. The molecule has 0 saturated heterocycles. The molecule has 0 amide bonds. The van der Waals surface area contributed by atoms with Crippen LogP contribution < -0.4 is 20.5 Å². The van der Waals surface area contributed by atoms with Gasteiger partial charge in [0.1, 0.15) is 0 Å². The van der Waals surface area contributed by atoms with Crippen LogP contribution in [0.3, 0.4) is 0 Å². The van der Waals surface area contributed by atoms with Gasteiger partial charge in [-0.05, 0) is 12.8 Å². The molecule has 0 heterocycles. The molecule has 1 aromatic carbocycles. The number of rotatable bonds is 4. The van der Waals surface area contributed by atoms with Crippen molar-refractivity contribution in [2.45, 2.75) is 18.9 Å². The second kappa shape index (κ2) is 3.88. The Labute approximate surface area is 89.4 Å². The van der Waals surface area contributed by atoms with E-state index in [9.17, 15) is 0 Å². The first kappa shape index (κ1) is 9.96. The fraction of sp³-hybridized carbons (Fsp3) is 0.455. The van der Waals surface area contributed by atoms with E-state index >= 15 is 0 Å². The van der Waals surface area contributed by atoms with Crippen molar-refractivity contribution in [2.75, 3.05) is 25.3 Å². The summed E-state index contributed by atoms with van der Waals surface area (Å²) >= 11 is 0. The van der Waals surface area contributed by atoms with Crippen molar-refractivity contribution in [1.29, 1.82) is 0 Å². The lowest BCUT2D eigenvalue weighted by atomic mass is 10.2. The van der Waals surface area contributed by atoms with Crippen LogP contribution in [0.5, 0.6) is 11.5 Å². The standard InChI is InChI=1S/C11H16N2O2/c1-14-10-5-8(12)9(6-11(10)15-2)13-7-3-4-7/h5-7,13H,3-4,12H2,1-2H3. The molecule has 4 nitrogen and oxygen atoms in total. The summed E-state index contributed by atoms with van der Waals surface area (Å²) in [6.45, 7) is 0. The van der Waals surface area contributed by atoms with Crippen molar-refractivity contribution in [3.8, 4) is 11.5 Å². The second-order valence-electron chi connectivity index (χ2n) is 3.71. The van der Waals surface area contributed by atoms with Gasteiger partial charge in [-0.15, -0.1) is 0 Å². The smallest absolute Gasteiger partial charge is 0.162 e. The molecule has 0 spiro atoms. The number of methoxy groups -OCH3 is 2. The highest BCUT2D eigenvalue weighted by molar-refractivity contribution is 5.72. The van der Waals surface area contributed by atoms with Crippen molar-refractivity contribution >= 4 is 11.4 Å². The molecule has 2 rings (SSSR count). The quantitative estimate of drug-likeness (QED) is 0.741. The van der Waals surface area contributed by atoms with Gasteiger partial charge < -0.3 is 20.5 Å². The highest BCUT2D eigenvalue weighted by Gasteiger charge is 2.22. The van der Waals surface area contributed by atoms with Gasteiger partial charge in [0.05, 0.1) is 25.6 Å². The first-order valence-electron chi connectivity index (χ1n) is 5.02. The molecular formula is C11H16N2O2. The highest BCUT2D eigenvalue weighted by atomic mass is 16.5. The van der Waals surface area contributed by atoms with E-state index in [4.69, 9.17) is 15.2 Å². The van der Waals surface area contributed by atoms with Crippen LogP contribution >= 0.6 is 0 Å². The zero-order chi connectivity index (χ0) is 10.8. The molecule has 1 aliphatic rings. The van der Waals surface area contributed by atoms with Crippen LogP contribution in [0.2, 0.25) is 0 Å². The number of nitrogens with one attached hydrogen (secondary N) is 1. The Bertz CT molecular complexity index is 362. The molecule has 1 aromatic rings. The molecule has 1 aliphatic carbocycles. The maximum Gasteiger partial charge on any atom is 0.162 e. The Morgan fingerprint density at radius 1 is 1.20 bits per heavy atom. The average molecular weight is 208 g/mol. The summed E-state index contributed by atoms with van der Waals surface area (Å²) in [5.41, 5.74) is 7.52. The van der Waals surface area contributed by atoms with Crippen LogP contribution in [0.4, 0.5) is 11.4 Å². The van der Waals surface area contributed by atoms with E-state index in [1.165, 1.54) is 12.8 Å². The van der Waals surface area contributed by atoms with E-state index in [1.54, 1.807) is 20.3 Å². The number of ether oxygens (including phenoxy) is 2. The van der Waals surface area contributed by atoms with Crippen molar-refractivity contribution < 1.29 is 9.47 Å². The predicted octanol–water partition coefficient (Wildman–Crippen LogP) is 1.86. The molecule has 4 heteroatoms. The molecule has 0 aromatic heterocycles. The Morgan fingerprint density at radius 3 is 2.33 bits per heavy atom. The van der Waals surface area contributed by atoms with E-state index in [1.807, 2.05) is 6.07 Å². The lowest BCUT2D eigenvalue weighted by Crippen LogP contribution is -2.05. The average Bonchev–Trinajstić information content (AvgIpc) is 3.04. The molecular weight excluding hydrogens is 192 g/mol. The molecule has 1 saturated carbocycles. The van der Waals surface area contributed by atoms with E-state index in [2.05, 4.69) is 5.32 Å². The number of nitrogen functional groups attached to an aromatic ring is 1. The minimum absolute atomic E-state index is 0.574. The zero-order valence-electron chi connectivity index (χ0n) is 9.04. The molecule has 0 aliphatic heterocycles. The van der Waals surface area contributed by atoms with E-state index in [0.717, 1.165) is 5.69 Å². The molecule has 0 bridgehead atoms. The number of anilines is 2. The van der Waals surface area contributed by atoms with Crippen molar-refractivity contribution in [1.82, 2.24) is 0 Å². The minimum atomic E-state index is 0.574. The topological polar surface area (TPSA) is 56.5 Å². The van der Waals surface area contributed by atoms with E-state index in [0.29, 0.717) is 23.2 Å². The molecule has 0 radical (unpaired) electrons. The van der Waals surface area contributed by atoms with Crippen LogP contribution in [0, 0.1) is 0 Å². The van der Waals surface area contributed by atoms with Gasteiger partial charge in [0, 0.05) is 18.2 Å². The largest absolute Gasteiger partial charge is 0.493 e. The Hall–Kier alpha value is -1.58. The first-order valence-corrected chi connectivity index (χ1v) is 5.02. The van der Waals surface area contributed by atoms with Crippen molar-refractivity contribution in [3.63, 3.8) is 0 Å². The van der Waals surface area contributed by atoms with Crippen LogP contribution in [-0.2, 0) is 0 Å². The highest BCUT2D eigenvalue weighted by Crippen LogP contribution is 2.37. The Morgan fingerprint density at radius 2 is 1.80 bits per heavy atom. The Kier molecular flexibility index (Phi) is 2.58. The van der Waals surface area contributed by atoms with Crippen molar-refractivity contribution in [2.24, 2.45) is 0 Å². The van der Waals surface area contributed by atoms with Crippen LogP contribution in [0.1, 0.15) is 12.8 Å². The van der Waals surface area contributed by atoms with Crippen molar-refractivity contribution in [3.05, 3.63) is 12.1 Å². The summed E-state index contributed by atoms with van der Waals surface area (Å²) in [7, 11) is 3.22. The summed E-state index contributed by atoms with van der Waals surface area (Å²) in [5, 5.41) is 3.35. The second-order valence-corrected chi connectivity index (χ2v) is 3.71. The normalized spacial score (nSPS) is 14.8. The fourth-order valence-corrected chi connectivity index (χ4v) is 1.47. The van der Waals surface area contributed by atoms with Crippen LogP contribution in [0.25, 0.3) is 0 Å². The van der Waals surface area contributed by atoms with Gasteiger partial charge in [0.15, 0.2) is 11.5 Å². The maximum absolute atomic E-state index is 5.90. The fourth-order valence-electron chi connectivity index (χ4n) is 1.47. The first-order chi connectivity index (χ1) is 7.24. The van der Waals surface area contributed by atoms with Gasteiger partial charge in [-0.1, -0.05) is 0 Å². The van der Waals surface area contributed by atoms with E-state index < -0.39 is 0 Å². The van der Waals surface area contributed by atoms with Gasteiger partial charge in [0.25, 0.3) is 0 Å². The lowest BCUT2D eigenvalue weighted by Gasteiger charge is -2.13. The van der Waals surface area contributed by atoms with Crippen LogP contribution in [-0.4, -0.2) is 20.3 Å². The van der Waals surface area contributed by atoms with Gasteiger partial charge >= 0.3 is 0 Å². The zero-order valence-corrected chi connectivity index (χ0v) is 9.04. The molecule has 0 atom stereocenters. The summed E-state index contributed by atoms with van der Waals surface area (Å²) in [5.74, 6) is 1.37. The molecule has 82 valence electrons. The summed E-state index contributed by atoms with van der Waals surface area (Å²) in [6, 6.07) is 4.24. The summed E-state index contributed by atoms with van der Waals surface area (Å²) in [6.07, 6.45) is 2.43. The lowest BCUT2D eigenvalue weighted by molar-refractivity contribution is 0.355. The molecule has 1 fully saturated rings. The summed E-state index contributed by atoms with van der Waals surface area (Å²) < 4.78 is 10.4. The van der Waals surface area contributed by atoms with Gasteiger partial charge in [-0.2, -0.15) is 0 Å². The number of hydrogen-bond donors (Lipinski definition) is 2. The molecule has 3 N–H and O–H groups in total. The predicted molar refractivity (Wildman–Crippen MR) is 60.6 cm³/mol. The minimum Gasteiger partial charge on any atom is -0.493 e. The monoisotopic (exact) mass is 208 g/mol.